The van der Waals surface area contributed by atoms with E-state index < -0.39 is 0 Å². The number of H-pyrrole nitrogens is 1. The number of hydrogen-bond acceptors (Lipinski definition) is 2. The summed E-state index contributed by atoms with van der Waals surface area (Å²) in [4.78, 5) is 2.95. The van der Waals surface area contributed by atoms with Gasteiger partial charge in [-0.05, 0) is 50.0 Å². The van der Waals surface area contributed by atoms with Crippen LogP contribution in [0.4, 0.5) is 4.39 Å². The molecule has 102 valence electrons. The minimum Gasteiger partial charge on any atom is -0.378 e. The molecule has 1 unspecified atom stereocenters. The van der Waals surface area contributed by atoms with Crippen LogP contribution >= 0.6 is 12.2 Å². The van der Waals surface area contributed by atoms with Crippen molar-refractivity contribution in [1.82, 2.24) is 9.55 Å². The molecule has 1 aliphatic rings. The van der Waals surface area contributed by atoms with Crippen LogP contribution < -0.4 is 0 Å². The largest absolute Gasteiger partial charge is 0.378 e. The maximum absolute atomic E-state index is 13.7. The Bertz CT molecular complexity index is 628. The van der Waals surface area contributed by atoms with Crippen LogP contribution in [0.5, 0.6) is 0 Å². The van der Waals surface area contributed by atoms with Crippen LogP contribution in [0.3, 0.4) is 0 Å². The van der Waals surface area contributed by atoms with E-state index >= 15 is 0 Å². The van der Waals surface area contributed by atoms with E-state index in [0.29, 0.717) is 16.4 Å². The minimum atomic E-state index is -0.253. The van der Waals surface area contributed by atoms with Gasteiger partial charge in [-0.1, -0.05) is 6.07 Å². The number of halogens is 1. The topological polar surface area (TPSA) is 29.9 Å². The van der Waals surface area contributed by atoms with Crippen molar-refractivity contribution in [1.29, 1.82) is 0 Å². The summed E-state index contributed by atoms with van der Waals surface area (Å²) in [6.45, 7) is 1.63. The van der Waals surface area contributed by atoms with Gasteiger partial charge in [0.15, 0.2) is 4.77 Å². The van der Waals surface area contributed by atoms with E-state index in [-0.39, 0.29) is 5.82 Å². The summed E-state index contributed by atoms with van der Waals surface area (Å²) >= 11 is 5.28. The van der Waals surface area contributed by atoms with E-state index in [2.05, 4.69) is 4.98 Å². The molecule has 2 aromatic rings. The molecule has 0 radical (unpaired) electrons. The van der Waals surface area contributed by atoms with Gasteiger partial charge in [-0.3, -0.25) is 0 Å². The number of nitrogens with one attached hydrogen (secondary N) is 1. The number of aromatic amines is 1. The molecule has 3 nitrogen and oxygen atoms in total. The SMILES string of the molecule is Fc1cccc2c1[nH]c(=S)n2CCC1CCCCO1. The van der Waals surface area contributed by atoms with Gasteiger partial charge in [-0.15, -0.1) is 0 Å². The highest BCUT2D eigenvalue weighted by atomic mass is 32.1. The maximum atomic E-state index is 13.7. The fraction of sp³-hybridized carbons (Fsp3) is 0.500. The highest BCUT2D eigenvalue weighted by Gasteiger charge is 2.15. The second kappa shape index (κ2) is 5.43. The zero-order valence-corrected chi connectivity index (χ0v) is 11.5. The third kappa shape index (κ3) is 2.58. The normalized spacial score (nSPS) is 19.9. The van der Waals surface area contributed by atoms with Crippen molar-refractivity contribution in [2.75, 3.05) is 6.61 Å². The first kappa shape index (κ1) is 12.8. The van der Waals surface area contributed by atoms with Gasteiger partial charge in [0.05, 0.1) is 11.6 Å². The molecule has 1 saturated heterocycles. The molecule has 2 heterocycles. The van der Waals surface area contributed by atoms with Crippen molar-refractivity contribution in [3.63, 3.8) is 0 Å². The number of aromatic nitrogens is 2. The molecule has 5 heteroatoms. The van der Waals surface area contributed by atoms with E-state index in [1.807, 2.05) is 10.6 Å². The highest BCUT2D eigenvalue weighted by Crippen LogP contribution is 2.20. The monoisotopic (exact) mass is 280 g/mol. The third-order valence-electron chi connectivity index (χ3n) is 3.71. The Morgan fingerprint density at radius 3 is 3.11 bits per heavy atom. The quantitative estimate of drug-likeness (QED) is 0.867. The fourth-order valence-corrected chi connectivity index (χ4v) is 2.97. The van der Waals surface area contributed by atoms with Crippen LogP contribution in [0.25, 0.3) is 11.0 Å². The molecule has 1 aliphatic heterocycles. The van der Waals surface area contributed by atoms with Crippen molar-refractivity contribution in [3.8, 4) is 0 Å². The molecule has 3 rings (SSSR count). The van der Waals surface area contributed by atoms with Crippen molar-refractivity contribution in [2.24, 2.45) is 0 Å². The Kier molecular flexibility index (Phi) is 3.66. The van der Waals surface area contributed by atoms with Crippen molar-refractivity contribution < 1.29 is 9.13 Å². The molecule has 1 fully saturated rings. The summed E-state index contributed by atoms with van der Waals surface area (Å²) in [5.41, 5.74) is 1.33. The van der Waals surface area contributed by atoms with E-state index in [4.69, 9.17) is 17.0 Å². The van der Waals surface area contributed by atoms with Gasteiger partial charge in [0.25, 0.3) is 0 Å². The van der Waals surface area contributed by atoms with Crippen molar-refractivity contribution in [2.45, 2.75) is 38.3 Å². The van der Waals surface area contributed by atoms with E-state index in [0.717, 1.165) is 37.9 Å². The molecular formula is C14H17FN2OS. The van der Waals surface area contributed by atoms with Crippen LogP contribution in [0.1, 0.15) is 25.7 Å². The summed E-state index contributed by atoms with van der Waals surface area (Å²) < 4.78 is 21.9. The summed E-state index contributed by atoms with van der Waals surface area (Å²) in [6.07, 6.45) is 4.75. The number of hydrogen-bond donors (Lipinski definition) is 1. The van der Waals surface area contributed by atoms with Crippen LogP contribution in [-0.2, 0) is 11.3 Å². The van der Waals surface area contributed by atoms with E-state index in [9.17, 15) is 4.39 Å². The molecule has 1 aromatic heterocycles. The molecule has 1 atom stereocenters. The first-order valence-electron chi connectivity index (χ1n) is 6.74. The zero-order valence-electron chi connectivity index (χ0n) is 10.7. The summed E-state index contributed by atoms with van der Waals surface area (Å²) in [6, 6.07) is 5.06. The number of imidazole rings is 1. The average molecular weight is 280 g/mol. The Balaban J connectivity index is 1.82. The maximum Gasteiger partial charge on any atom is 0.178 e. The lowest BCUT2D eigenvalue weighted by molar-refractivity contribution is 0.00892. The predicted molar refractivity (Wildman–Crippen MR) is 75.3 cm³/mol. The molecule has 1 aromatic carbocycles. The molecular weight excluding hydrogens is 263 g/mol. The Morgan fingerprint density at radius 1 is 1.42 bits per heavy atom. The minimum absolute atomic E-state index is 0.253. The van der Waals surface area contributed by atoms with Crippen LogP contribution in [-0.4, -0.2) is 22.3 Å². The van der Waals surface area contributed by atoms with E-state index in [1.54, 1.807) is 6.07 Å². The number of para-hydroxylation sites is 1. The highest BCUT2D eigenvalue weighted by molar-refractivity contribution is 7.71. The second-order valence-electron chi connectivity index (χ2n) is 4.99. The van der Waals surface area contributed by atoms with Gasteiger partial charge >= 0.3 is 0 Å². The first-order chi connectivity index (χ1) is 9.25. The predicted octanol–water partition coefficient (Wildman–Crippen LogP) is 3.80. The van der Waals surface area contributed by atoms with Crippen LogP contribution in [0.2, 0.25) is 0 Å². The number of fused-ring (bicyclic) bond motifs is 1. The Hall–Kier alpha value is -1.20. The second-order valence-corrected chi connectivity index (χ2v) is 5.38. The first-order valence-corrected chi connectivity index (χ1v) is 7.15. The molecule has 0 bridgehead atoms. The van der Waals surface area contributed by atoms with Gasteiger partial charge < -0.3 is 14.3 Å². The third-order valence-corrected chi connectivity index (χ3v) is 4.03. The van der Waals surface area contributed by atoms with Crippen LogP contribution in [0.15, 0.2) is 18.2 Å². The Labute approximate surface area is 116 Å². The van der Waals surface area contributed by atoms with Crippen molar-refractivity contribution >= 4 is 23.3 Å². The zero-order chi connectivity index (χ0) is 13.2. The summed E-state index contributed by atoms with van der Waals surface area (Å²) in [5, 5.41) is 0. The van der Waals surface area contributed by atoms with Gasteiger partial charge in [0.2, 0.25) is 0 Å². The summed E-state index contributed by atoms with van der Waals surface area (Å²) in [7, 11) is 0. The molecule has 0 amide bonds. The van der Waals surface area contributed by atoms with E-state index in [1.165, 1.54) is 12.5 Å². The number of aryl methyl sites for hydroxylation is 1. The fourth-order valence-electron chi connectivity index (χ4n) is 2.68. The van der Waals surface area contributed by atoms with Gasteiger partial charge in [0, 0.05) is 13.2 Å². The molecule has 1 N–H and O–H groups in total. The lowest BCUT2D eigenvalue weighted by atomic mass is 10.1. The van der Waals surface area contributed by atoms with Gasteiger partial charge in [-0.2, -0.15) is 0 Å². The molecule has 0 saturated carbocycles. The molecule has 19 heavy (non-hydrogen) atoms. The molecule has 0 aliphatic carbocycles. The standard InChI is InChI=1S/C14H17FN2OS/c15-11-5-3-6-12-13(11)16-14(19)17(12)8-7-10-4-1-2-9-18-10/h3,5-6,10H,1-2,4,7-9H2,(H,16,19). The van der Waals surface area contributed by atoms with Crippen LogP contribution in [0, 0.1) is 10.6 Å². The number of nitrogens with zero attached hydrogens (tertiary/aromatic N) is 1. The van der Waals surface area contributed by atoms with Gasteiger partial charge in [0.1, 0.15) is 11.3 Å². The number of rotatable bonds is 3. The lowest BCUT2D eigenvalue weighted by Gasteiger charge is -2.22. The number of benzene rings is 1. The number of ether oxygens (including phenoxy) is 1. The average Bonchev–Trinajstić information content (AvgIpc) is 2.75. The smallest absolute Gasteiger partial charge is 0.178 e. The van der Waals surface area contributed by atoms with Gasteiger partial charge in [-0.25, -0.2) is 4.39 Å². The van der Waals surface area contributed by atoms with Crippen molar-refractivity contribution in [3.05, 3.63) is 28.8 Å². The molecule has 0 spiro atoms. The summed E-state index contributed by atoms with van der Waals surface area (Å²) in [5.74, 6) is -0.253. The Morgan fingerprint density at radius 2 is 2.32 bits per heavy atom. The lowest BCUT2D eigenvalue weighted by Crippen LogP contribution is -2.20.